The van der Waals surface area contributed by atoms with Crippen LogP contribution in [-0.4, -0.2) is 28.7 Å². The van der Waals surface area contributed by atoms with Crippen molar-refractivity contribution in [2.45, 2.75) is 29.8 Å². The lowest BCUT2D eigenvalue weighted by molar-refractivity contribution is 0.585. The molecule has 0 radical (unpaired) electrons. The first-order chi connectivity index (χ1) is 10.1. The second-order valence-electron chi connectivity index (χ2n) is 5.73. The number of aromatic nitrogens is 2. The van der Waals surface area contributed by atoms with Gasteiger partial charge in [-0.1, -0.05) is 24.3 Å². The van der Waals surface area contributed by atoms with Crippen molar-refractivity contribution in [2.75, 3.05) is 0 Å². The maximum Gasteiger partial charge on any atom is 0.159 e. The summed E-state index contributed by atoms with van der Waals surface area (Å²) in [5.41, 5.74) is 3.17. The number of hydrogen-bond acceptors (Lipinski definition) is 3. The number of sulfone groups is 1. The van der Waals surface area contributed by atoms with Crippen molar-refractivity contribution in [3.05, 3.63) is 54.4 Å². The van der Waals surface area contributed by atoms with Crippen molar-refractivity contribution in [1.82, 2.24) is 9.78 Å². The van der Waals surface area contributed by atoms with Crippen molar-refractivity contribution in [3.63, 3.8) is 0 Å². The number of fused-ring (bicyclic) bond motifs is 2. The summed E-state index contributed by atoms with van der Waals surface area (Å²) in [6.07, 6.45) is 7.93. The molecule has 1 saturated heterocycles. The van der Waals surface area contributed by atoms with Crippen LogP contribution in [0.5, 0.6) is 0 Å². The molecule has 4 rings (SSSR count). The van der Waals surface area contributed by atoms with Gasteiger partial charge in [0.25, 0.3) is 0 Å². The molecule has 4 nitrogen and oxygen atoms in total. The predicted molar refractivity (Wildman–Crippen MR) is 81.9 cm³/mol. The van der Waals surface area contributed by atoms with E-state index >= 15 is 0 Å². The lowest BCUT2D eigenvalue weighted by atomic mass is 10.0. The average molecular weight is 300 g/mol. The van der Waals surface area contributed by atoms with Crippen LogP contribution in [0.4, 0.5) is 0 Å². The summed E-state index contributed by atoms with van der Waals surface area (Å²) >= 11 is 0. The highest BCUT2D eigenvalue weighted by Crippen LogP contribution is 2.40. The fourth-order valence-corrected chi connectivity index (χ4v) is 5.47. The zero-order valence-corrected chi connectivity index (χ0v) is 12.3. The first kappa shape index (κ1) is 12.8. The normalized spacial score (nSPS) is 26.6. The van der Waals surface area contributed by atoms with Crippen molar-refractivity contribution >= 4 is 15.4 Å². The highest BCUT2D eigenvalue weighted by atomic mass is 32.2. The first-order valence-corrected chi connectivity index (χ1v) is 8.79. The molecule has 0 N–H and O–H groups in total. The van der Waals surface area contributed by atoms with Crippen LogP contribution in [0.3, 0.4) is 0 Å². The summed E-state index contributed by atoms with van der Waals surface area (Å²) in [6.45, 7) is 0. The van der Waals surface area contributed by atoms with Gasteiger partial charge in [-0.15, -0.1) is 0 Å². The number of hydrogen-bond donors (Lipinski definition) is 0. The van der Waals surface area contributed by atoms with Crippen molar-refractivity contribution in [3.8, 4) is 5.69 Å². The molecule has 2 aliphatic heterocycles. The Morgan fingerprint density at radius 1 is 1.14 bits per heavy atom. The third-order valence-electron chi connectivity index (χ3n) is 4.47. The zero-order valence-electron chi connectivity index (χ0n) is 11.5. The molecule has 2 bridgehead atoms. The Morgan fingerprint density at radius 2 is 1.95 bits per heavy atom. The van der Waals surface area contributed by atoms with Gasteiger partial charge in [0.1, 0.15) is 0 Å². The number of benzene rings is 1. The summed E-state index contributed by atoms with van der Waals surface area (Å²) < 4.78 is 26.1. The Balaban J connectivity index is 1.69. The molecule has 0 saturated carbocycles. The second kappa shape index (κ2) is 4.56. The monoisotopic (exact) mass is 300 g/mol. The van der Waals surface area contributed by atoms with Crippen molar-refractivity contribution < 1.29 is 8.42 Å². The van der Waals surface area contributed by atoms with Crippen LogP contribution < -0.4 is 0 Å². The molecule has 1 fully saturated rings. The minimum atomic E-state index is -2.92. The van der Waals surface area contributed by atoms with Crippen molar-refractivity contribution in [2.24, 2.45) is 0 Å². The number of rotatable bonds is 2. The fourth-order valence-electron chi connectivity index (χ4n) is 3.28. The van der Waals surface area contributed by atoms with Crippen LogP contribution in [-0.2, 0) is 9.84 Å². The van der Waals surface area contributed by atoms with E-state index in [-0.39, 0.29) is 10.5 Å². The van der Waals surface area contributed by atoms with E-state index in [2.05, 4.69) is 5.10 Å². The van der Waals surface area contributed by atoms with Gasteiger partial charge in [-0.25, -0.2) is 13.1 Å². The second-order valence-corrected chi connectivity index (χ2v) is 8.18. The van der Waals surface area contributed by atoms with E-state index in [4.69, 9.17) is 0 Å². The Kier molecular flexibility index (Phi) is 2.79. The highest BCUT2D eigenvalue weighted by Gasteiger charge is 2.43. The molecule has 2 atom stereocenters. The molecule has 1 aromatic heterocycles. The standard InChI is InChI=1S/C16H16N2O2S/c19-21(20)15-6-7-16(21)9-12(8-15)13-10-17-18(11-13)14-4-2-1-3-5-14/h1-5,8,10-11,15-16H,6-7,9H2. The summed E-state index contributed by atoms with van der Waals surface area (Å²) in [5.74, 6) is 0. The van der Waals surface area contributed by atoms with Crippen LogP contribution in [0.1, 0.15) is 24.8 Å². The SMILES string of the molecule is O=S1(=O)C2C=C(c3cnn(-c4ccccc4)c3)CC1CC2. The molecule has 2 aliphatic rings. The average Bonchev–Trinajstić information content (AvgIpc) is 2.99. The summed E-state index contributed by atoms with van der Waals surface area (Å²) in [5, 5.41) is 3.92. The van der Waals surface area contributed by atoms with E-state index in [0.29, 0.717) is 6.42 Å². The van der Waals surface area contributed by atoms with Crippen molar-refractivity contribution in [1.29, 1.82) is 0 Å². The molecular weight excluding hydrogens is 284 g/mol. The molecule has 1 aromatic carbocycles. The zero-order chi connectivity index (χ0) is 14.4. The number of allylic oxidation sites excluding steroid dienone is 1. The van der Waals surface area contributed by atoms with Gasteiger partial charge in [-0.05, 0) is 37.0 Å². The lowest BCUT2D eigenvalue weighted by Crippen LogP contribution is -2.26. The largest absolute Gasteiger partial charge is 0.240 e. The molecule has 2 aromatic rings. The van der Waals surface area contributed by atoms with Gasteiger partial charge in [-0.2, -0.15) is 5.10 Å². The van der Waals surface area contributed by atoms with E-state index in [1.54, 1.807) is 0 Å². The first-order valence-electron chi connectivity index (χ1n) is 7.18. The molecular formula is C16H16N2O2S. The van der Waals surface area contributed by atoms with E-state index < -0.39 is 9.84 Å². The van der Waals surface area contributed by atoms with Crippen LogP contribution >= 0.6 is 0 Å². The Bertz CT molecular complexity index is 806. The maximum absolute atomic E-state index is 12.1. The van der Waals surface area contributed by atoms with E-state index in [1.165, 1.54) is 0 Å². The number of nitrogens with zero attached hydrogens (tertiary/aromatic N) is 2. The number of para-hydroxylation sites is 1. The van der Waals surface area contributed by atoms with Gasteiger partial charge in [0.15, 0.2) is 9.84 Å². The van der Waals surface area contributed by atoms with Gasteiger partial charge in [0, 0.05) is 11.8 Å². The van der Waals surface area contributed by atoms with Gasteiger partial charge < -0.3 is 0 Å². The molecule has 3 heterocycles. The Morgan fingerprint density at radius 3 is 2.71 bits per heavy atom. The highest BCUT2D eigenvalue weighted by molar-refractivity contribution is 7.93. The Hall–Kier alpha value is -1.88. The summed E-state index contributed by atoms with van der Waals surface area (Å²) in [7, 11) is -2.92. The van der Waals surface area contributed by atoms with Crippen LogP contribution in [0.15, 0.2) is 48.8 Å². The minimum Gasteiger partial charge on any atom is -0.240 e. The molecule has 2 unspecified atom stereocenters. The molecule has 0 amide bonds. The summed E-state index contributed by atoms with van der Waals surface area (Å²) in [4.78, 5) is 0. The molecule has 108 valence electrons. The van der Waals surface area contributed by atoms with E-state index in [9.17, 15) is 8.42 Å². The third-order valence-corrected chi connectivity index (χ3v) is 7.02. The van der Waals surface area contributed by atoms with Crippen LogP contribution in [0.25, 0.3) is 11.3 Å². The van der Waals surface area contributed by atoms with Gasteiger partial charge >= 0.3 is 0 Å². The summed E-state index contributed by atoms with van der Waals surface area (Å²) in [6, 6.07) is 9.92. The predicted octanol–water partition coefficient (Wildman–Crippen LogP) is 2.61. The van der Waals surface area contributed by atoms with E-state index in [0.717, 1.165) is 29.7 Å². The van der Waals surface area contributed by atoms with E-state index in [1.807, 2.05) is 53.5 Å². The Labute approximate surface area is 124 Å². The topological polar surface area (TPSA) is 52.0 Å². The van der Waals surface area contributed by atoms with Gasteiger partial charge in [0.2, 0.25) is 0 Å². The quantitative estimate of drug-likeness (QED) is 0.856. The van der Waals surface area contributed by atoms with Crippen LogP contribution in [0, 0.1) is 0 Å². The third kappa shape index (κ3) is 2.03. The molecule has 0 spiro atoms. The molecule has 21 heavy (non-hydrogen) atoms. The lowest BCUT2D eigenvalue weighted by Gasteiger charge is -2.19. The van der Waals surface area contributed by atoms with Gasteiger partial charge in [-0.3, -0.25) is 0 Å². The molecule has 5 heteroatoms. The smallest absolute Gasteiger partial charge is 0.159 e. The molecule has 0 aliphatic carbocycles. The fraction of sp³-hybridized carbons (Fsp3) is 0.312. The van der Waals surface area contributed by atoms with Gasteiger partial charge in [0.05, 0.1) is 22.4 Å². The minimum absolute atomic E-state index is 0.192. The van der Waals surface area contributed by atoms with Crippen LogP contribution in [0.2, 0.25) is 0 Å². The maximum atomic E-state index is 12.1.